The molecule has 5 nitrogen and oxygen atoms in total. The van der Waals surface area contributed by atoms with Crippen LogP contribution in [-0.2, 0) is 14.8 Å². The molecule has 1 rings (SSSR count). The molecule has 0 aliphatic carbocycles. The number of nitrogens with one attached hydrogen (secondary N) is 1. The van der Waals surface area contributed by atoms with Gasteiger partial charge in [-0.05, 0) is 39.3 Å². The lowest BCUT2D eigenvalue weighted by Gasteiger charge is -2.27. The Labute approximate surface area is 127 Å². The average molecular weight is 312 g/mol. The summed E-state index contributed by atoms with van der Waals surface area (Å²) in [6.45, 7) is 7.48. The second-order valence-electron chi connectivity index (χ2n) is 5.89. The van der Waals surface area contributed by atoms with Gasteiger partial charge in [-0.3, -0.25) is 9.10 Å². The lowest BCUT2D eigenvalue weighted by atomic mass is 10.0. The van der Waals surface area contributed by atoms with Gasteiger partial charge in [0.2, 0.25) is 15.9 Å². The molecule has 0 atom stereocenters. The predicted molar refractivity (Wildman–Crippen MR) is 85.9 cm³/mol. The van der Waals surface area contributed by atoms with Gasteiger partial charge in [0.25, 0.3) is 0 Å². The van der Waals surface area contributed by atoms with E-state index in [1.807, 2.05) is 39.8 Å². The van der Waals surface area contributed by atoms with Crippen molar-refractivity contribution in [2.24, 2.45) is 0 Å². The van der Waals surface area contributed by atoms with E-state index in [0.717, 1.165) is 22.5 Å². The first-order valence-electron chi connectivity index (χ1n) is 6.90. The highest BCUT2D eigenvalue weighted by atomic mass is 32.2. The van der Waals surface area contributed by atoms with Crippen LogP contribution in [0.4, 0.5) is 5.69 Å². The maximum atomic E-state index is 12.1. The summed E-state index contributed by atoms with van der Waals surface area (Å²) in [7, 11) is -3.52. The minimum atomic E-state index is -3.52. The van der Waals surface area contributed by atoms with Crippen molar-refractivity contribution in [3.05, 3.63) is 29.8 Å². The molecular formula is C15H24N2O3S. The summed E-state index contributed by atoms with van der Waals surface area (Å²) >= 11 is 0. The molecular weight excluding hydrogens is 288 g/mol. The van der Waals surface area contributed by atoms with E-state index >= 15 is 0 Å². The van der Waals surface area contributed by atoms with Gasteiger partial charge in [-0.2, -0.15) is 0 Å². The molecule has 6 heteroatoms. The number of carbonyl (C=O) groups excluding carboxylic acids is 1. The number of carbonyl (C=O) groups is 1. The third-order valence-electron chi connectivity index (χ3n) is 3.37. The topological polar surface area (TPSA) is 66.5 Å². The maximum Gasteiger partial charge on any atom is 0.241 e. The van der Waals surface area contributed by atoms with Crippen LogP contribution in [0.3, 0.4) is 0 Å². The maximum absolute atomic E-state index is 12.1. The summed E-state index contributed by atoms with van der Waals surface area (Å²) in [6, 6.07) is 7.05. The van der Waals surface area contributed by atoms with Crippen LogP contribution in [0.5, 0.6) is 0 Å². The predicted octanol–water partition coefficient (Wildman–Crippen LogP) is 2.07. The van der Waals surface area contributed by atoms with E-state index in [2.05, 4.69) is 5.32 Å². The van der Waals surface area contributed by atoms with Gasteiger partial charge < -0.3 is 5.32 Å². The SMILES string of the molecule is CCC(C)(C)NC(=O)CN(c1ccc(C)cc1)S(C)(=O)=O. The van der Waals surface area contributed by atoms with Crippen molar-refractivity contribution in [2.75, 3.05) is 17.1 Å². The third kappa shape index (κ3) is 5.38. The second-order valence-corrected chi connectivity index (χ2v) is 7.80. The van der Waals surface area contributed by atoms with E-state index in [4.69, 9.17) is 0 Å². The fourth-order valence-corrected chi connectivity index (χ4v) is 2.60. The van der Waals surface area contributed by atoms with Gasteiger partial charge in [-0.25, -0.2) is 8.42 Å². The normalized spacial score (nSPS) is 12.0. The quantitative estimate of drug-likeness (QED) is 0.874. The molecule has 0 fully saturated rings. The summed E-state index contributed by atoms with van der Waals surface area (Å²) in [5.41, 5.74) is 1.17. The van der Waals surface area contributed by atoms with Gasteiger partial charge in [0.05, 0.1) is 11.9 Å². The van der Waals surface area contributed by atoms with Crippen molar-refractivity contribution in [3.8, 4) is 0 Å². The van der Waals surface area contributed by atoms with Gasteiger partial charge in [-0.15, -0.1) is 0 Å². The zero-order valence-corrected chi connectivity index (χ0v) is 14.1. The number of hydrogen-bond acceptors (Lipinski definition) is 3. The fourth-order valence-electron chi connectivity index (χ4n) is 1.75. The fraction of sp³-hybridized carbons (Fsp3) is 0.533. The molecule has 0 aliphatic rings. The van der Waals surface area contributed by atoms with E-state index in [-0.39, 0.29) is 18.0 Å². The lowest BCUT2D eigenvalue weighted by Crippen LogP contribution is -2.48. The minimum Gasteiger partial charge on any atom is -0.350 e. The first-order chi connectivity index (χ1) is 9.55. The summed E-state index contributed by atoms with van der Waals surface area (Å²) < 4.78 is 25.0. The van der Waals surface area contributed by atoms with Crippen LogP contribution in [0.2, 0.25) is 0 Å². The zero-order chi connectivity index (χ0) is 16.3. The number of anilines is 1. The van der Waals surface area contributed by atoms with E-state index in [0.29, 0.717) is 5.69 Å². The molecule has 1 aromatic carbocycles. The van der Waals surface area contributed by atoms with Crippen LogP contribution >= 0.6 is 0 Å². The zero-order valence-electron chi connectivity index (χ0n) is 13.3. The highest BCUT2D eigenvalue weighted by molar-refractivity contribution is 7.92. The standard InChI is InChI=1S/C15H24N2O3S/c1-6-15(3,4)16-14(18)11-17(21(5,19)20)13-9-7-12(2)8-10-13/h7-10H,6,11H2,1-5H3,(H,16,18). The van der Waals surface area contributed by atoms with E-state index in [9.17, 15) is 13.2 Å². The Bertz CT molecular complexity index is 592. The molecule has 0 aromatic heterocycles. The van der Waals surface area contributed by atoms with Gasteiger partial charge in [0, 0.05) is 5.54 Å². The molecule has 118 valence electrons. The van der Waals surface area contributed by atoms with Gasteiger partial charge in [-0.1, -0.05) is 24.6 Å². The Morgan fingerprint density at radius 2 is 1.76 bits per heavy atom. The molecule has 21 heavy (non-hydrogen) atoms. The van der Waals surface area contributed by atoms with Gasteiger partial charge >= 0.3 is 0 Å². The Hall–Kier alpha value is -1.56. The van der Waals surface area contributed by atoms with Crippen molar-refractivity contribution < 1.29 is 13.2 Å². The molecule has 0 saturated carbocycles. The molecule has 0 radical (unpaired) electrons. The first-order valence-corrected chi connectivity index (χ1v) is 8.75. The van der Waals surface area contributed by atoms with Crippen LogP contribution in [-0.4, -0.2) is 32.7 Å². The van der Waals surface area contributed by atoms with Crippen molar-refractivity contribution >= 4 is 21.6 Å². The largest absolute Gasteiger partial charge is 0.350 e. The number of sulfonamides is 1. The summed E-state index contributed by atoms with van der Waals surface area (Å²) in [5, 5.41) is 2.84. The minimum absolute atomic E-state index is 0.217. The number of benzene rings is 1. The number of nitrogens with zero attached hydrogens (tertiary/aromatic N) is 1. The van der Waals surface area contributed by atoms with E-state index < -0.39 is 10.0 Å². The molecule has 0 bridgehead atoms. The van der Waals surface area contributed by atoms with E-state index in [1.54, 1.807) is 12.1 Å². The number of aryl methyl sites for hydroxylation is 1. The molecule has 0 unspecified atom stereocenters. The van der Waals surface area contributed by atoms with Crippen LogP contribution in [0.15, 0.2) is 24.3 Å². The van der Waals surface area contributed by atoms with Crippen LogP contribution in [0, 0.1) is 6.92 Å². The van der Waals surface area contributed by atoms with Crippen LogP contribution in [0.25, 0.3) is 0 Å². The van der Waals surface area contributed by atoms with Crippen LogP contribution < -0.4 is 9.62 Å². The van der Waals surface area contributed by atoms with E-state index in [1.165, 1.54) is 0 Å². The Balaban J connectivity index is 2.96. The second kappa shape index (κ2) is 6.47. The molecule has 0 aliphatic heterocycles. The third-order valence-corrected chi connectivity index (χ3v) is 4.51. The van der Waals surface area contributed by atoms with Crippen molar-refractivity contribution in [2.45, 2.75) is 39.7 Å². The molecule has 0 saturated heterocycles. The number of hydrogen-bond donors (Lipinski definition) is 1. The summed E-state index contributed by atoms with van der Waals surface area (Å²) in [4.78, 5) is 12.1. The lowest BCUT2D eigenvalue weighted by molar-refractivity contribution is -0.121. The smallest absolute Gasteiger partial charge is 0.241 e. The molecule has 1 N–H and O–H groups in total. The van der Waals surface area contributed by atoms with Crippen molar-refractivity contribution in [1.82, 2.24) is 5.32 Å². The van der Waals surface area contributed by atoms with Crippen LogP contribution in [0.1, 0.15) is 32.8 Å². The highest BCUT2D eigenvalue weighted by Crippen LogP contribution is 2.18. The number of amides is 1. The Kier molecular flexibility index (Phi) is 5.39. The molecule has 1 aromatic rings. The summed E-state index contributed by atoms with van der Waals surface area (Å²) in [6.07, 6.45) is 1.87. The molecule has 0 spiro atoms. The van der Waals surface area contributed by atoms with Gasteiger partial charge in [0.1, 0.15) is 6.54 Å². The number of rotatable bonds is 6. The van der Waals surface area contributed by atoms with Crippen molar-refractivity contribution in [1.29, 1.82) is 0 Å². The summed E-state index contributed by atoms with van der Waals surface area (Å²) in [5.74, 6) is -0.312. The first kappa shape index (κ1) is 17.5. The Morgan fingerprint density at radius 1 is 1.24 bits per heavy atom. The molecule has 0 heterocycles. The highest BCUT2D eigenvalue weighted by Gasteiger charge is 2.24. The average Bonchev–Trinajstić information content (AvgIpc) is 2.35. The molecule has 1 amide bonds. The van der Waals surface area contributed by atoms with Gasteiger partial charge in [0.15, 0.2) is 0 Å². The monoisotopic (exact) mass is 312 g/mol. The van der Waals surface area contributed by atoms with Crippen molar-refractivity contribution in [3.63, 3.8) is 0 Å². The Morgan fingerprint density at radius 3 is 2.19 bits per heavy atom.